The fourth-order valence-corrected chi connectivity index (χ4v) is 1.48. The summed E-state index contributed by atoms with van der Waals surface area (Å²) in [6, 6.07) is 0. The molecule has 0 aromatic rings. The molecule has 0 rings (SSSR count). The summed E-state index contributed by atoms with van der Waals surface area (Å²) >= 11 is 0. The Bertz CT molecular complexity index is 274. The topological polar surface area (TPSA) is 80.5 Å². The molecule has 0 spiro atoms. The van der Waals surface area contributed by atoms with E-state index in [0.29, 0.717) is 19.4 Å². The summed E-state index contributed by atoms with van der Waals surface area (Å²) in [7, 11) is -1.39. The molecule has 5 nitrogen and oxygen atoms in total. The zero-order valence-corrected chi connectivity index (χ0v) is 9.51. The minimum Gasteiger partial charge on any atom is -0.345 e. The lowest BCUT2D eigenvalue weighted by Crippen LogP contribution is -2.31. The van der Waals surface area contributed by atoms with Gasteiger partial charge >= 0.3 is 0 Å². The van der Waals surface area contributed by atoms with Gasteiger partial charge in [-0.2, -0.15) is 0 Å². The van der Waals surface area contributed by atoms with Crippen molar-refractivity contribution < 1.29 is 13.2 Å². The molecule has 0 aromatic carbocycles. The van der Waals surface area contributed by atoms with Crippen LogP contribution in [0.1, 0.15) is 12.8 Å². The first-order chi connectivity index (χ1) is 6.37. The predicted octanol–water partition coefficient (Wildman–Crippen LogP) is -0.772. The maximum Gasteiger partial charge on any atom is 0.222 e. The van der Waals surface area contributed by atoms with Gasteiger partial charge in [-0.1, -0.05) is 0 Å². The minimum atomic E-state index is -2.99. The van der Waals surface area contributed by atoms with Gasteiger partial charge in [0.2, 0.25) is 5.91 Å². The SMILES string of the molecule is CN(CCS(C)(=O)=O)C(=O)CCCN. The van der Waals surface area contributed by atoms with Crippen molar-refractivity contribution in [3.63, 3.8) is 0 Å². The average molecular weight is 222 g/mol. The Morgan fingerprint density at radius 2 is 2.00 bits per heavy atom. The Morgan fingerprint density at radius 3 is 2.43 bits per heavy atom. The largest absolute Gasteiger partial charge is 0.345 e. The molecule has 0 aliphatic heterocycles. The molecule has 0 saturated carbocycles. The molecule has 0 saturated heterocycles. The van der Waals surface area contributed by atoms with Gasteiger partial charge in [0.1, 0.15) is 9.84 Å². The highest BCUT2D eigenvalue weighted by Crippen LogP contribution is 1.95. The van der Waals surface area contributed by atoms with E-state index in [2.05, 4.69) is 0 Å². The second kappa shape index (κ2) is 5.98. The van der Waals surface area contributed by atoms with Gasteiger partial charge in [-0.05, 0) is 13.0 Å². The summed E-state index contributed by atoms with van der Waals surface area (Å²) in [5, 5.41) is 0. The van der Waals surface area contributed by atoms with Crippen molar-refractivity contribution in [2.45, 2.75) is 12.8 Å². The molecule has 0 radical (unpaired) electrons. The van der Waals surface area contributed by atoms with Crippen LogP contribution in [0.15, 0.2) is 0 Å². The summed E-state index contributed by atoms with van der Waals surface area (Å²) in [6.07, 6.45) is 2.18. The van der Waals surface area contributed by atoms with Gasteiger partial charge in [0.25, 0.3) is 0 Å². The van der Waals surface area contributed by atoms with Crippen molar-refractivity contribution in [3.8, 4) is 0 Å². The first kappa shape index (κ1) is 13.4. The molecule has 0 unspecified atom stereocenters. The van der Waals surface area contributed by atoms with Gasteiger partial charge < -0.3 is 10.6 Å². The minimum absolute atomic E-state index is 0.0118. The van der Waals surface area contributed by atoms with E-state index in [0.717, 1.165) is 6.26 Å². The third kappa shape index (κ3) is 6.85. The second-order valence-electron chi connectivity index (χ2n) is 3.34. The van der Waals surface area contributed by atoms with Gasteiger partial charge in [-0.3, -0.25) is 4.79 Å². The van der Waals surface area contributed by atoms with Crippen LogP contribution in [0.3, 0.4) is 0 Å². The molecule has 14 heavy (non-hydrogen) atoms. The van der Waals surface area contributed by atoms with E-state index in [1.165, 1.54) is 4.90 Å². The summed E-state index contributed by atoms with van der Waals surface area (Å²) in [6.45, 7) is 0.730. The summed E-state index contributed by atoms with van der Waals surface area (Å²) < 4.78 is 21.6. The first-order valence-electron chi connectivity index (χ1n) is 4.48. The third-order valence-corrected chi connectivity index (χ3v) is 2.74. The number of rotatable bonds is 6. The summed E-state index contributed by atoms with van der Waals surface area (Å²) in [5.41, 5.74) is 5.25. The molecule has 2 N–H and O–H groups in total. The van der Waals surface area contributed by atoms with Crippen LogP contribution >= 0.6 is 0 Å². The fourth-order valence-electron chi connectivity index (χ4n) is 0.872. The van der Waals surface area contributed by atoms with E-state index in [1.54, 1.807) is 7.05 Å². The van der Waals surface area contributed by atoms with E-state index in [1.807, 2.05) is 0 Å². The van der Waals surface area contributed by atoms with Gasteiger partial charge in [-0.15, -0.1) is 0 Å². The Labute approximate surface area is 85.2 Å². The molecule has 0 bridgehead atoms. The first-order valence-corrected chi connectivity index (χ1v) is 6.54. The molecule has 6 heteroatoms. The molecule has 0 aliphatic carbocycles. The number of amides is 1. The van der Waals surface area contributed by atoms with Crippen LogP contribution in [0.4, 0.5) is 0 Å². The number of sulfone groups is 1. The Balaban J connectivity index is 3.84. The monoisotopic (exact) mass is 222 g/mol. The maximum absolute atomic E-state index is 11.3. The molecule has 0 heterocycles. The normalized spacial score (nSPS) is 11.4. The zero-order chi connectivity index (χ0) is 11.2. The van der Waals surface area contributed by atoms with Crippen molar-refractivity contribution in [1.82, 2.24) is 4.90 Å². The van der Waals surface area contributed by atoms with Crippen LogP contribution in [0.5, 0.6) is 0 Å². The number of hydrogen-bond acceptors (Lipinski definition) is 4. The molecule has 0 atom stereocenters. The highest BCUT2D eigenvalue weighted by atomic mass is 32.2. The van der Waals surface area contributed by atoms with E-state index in [4.69, 9.17) is 5.73 Å². The average Bonchev–Trinajstić information content (AvgIpc) is 2.09. The molecule has 84 valence electrons. The van der Waals surface area contributed by atoms with Gasteiger partial charge in [0, 0.05) is 26.3 Å². The van der Waals surface area contributed by atoms with Crippen molar-refractivity contribution >= 4 is 15.7 Å². The summed E-state index contributed by atoms with van der Waals surface area (Å²) in [4.78, 5) is 12.7. The van der Waals surface area contributed by atoms with Gasteiger partial charge in [0.15, 0.2) is 0 Å². The van der Waals surface area contributed by atoms with Crippen molar-refractivity contribution in [2.75, 3.05) is 32.1 Å². The van der Waals surface area contributed by atoms with Crippen LogP contribution in [0.2, 0.25) is 0 Å². The number of carbonyl (C=O) groups is 1. The summed E-state index contributed by atoms with van der Waals surface area (Å²) in [5.74, 6) is -0.0446. The van der Waals surface area contributed by atoms with Crippen LogP contribution in [0, 0.1) is 0 Å². The van der Waals surface area contributed by atoms with Crippen molar-refractivity contribution in [2.24, 2.45) is 5.73 Å². The molecule has 0 fully saturated rings. The smallest absolute Gasteiger partial charge is 0.222 e. The maximum atomic E-state index is 11.3. The quantitative estimate of drug-likeness (QED) is 0.640. The van der Waals surface area contributed by atoms with Crippen LogP contribution < -0.4 is 5.73 Å². The highest BCUT2D eigenvalue weighted by molar-refractivity contribution is 7.90. The van der Waals surface area contributed by atoms with E-state index < -0.39 is 9.84 Å². The lowest BCUT2D eigenvalue weighted by molar-refractivity contribution is -0.129. The second-order valence-corrected chi connectivity index (χ2v) is 5.60. The lowest BCUT2D eigenvalue weighted by Gasteiger charge is -2.16. The van der Waals surface area contributed by atoms with E-state index in [-0.39, 0.29) is 18.2 Å². The number of nitrogens with two attached hydrogens (primary N) is 1. The fraction of sp³-hybridized carbons (Fsp3) is 0.875. The molecule has 0 aliphatic rings. The zero-order valence-electron chi connectivity index (χ0n) is 8.69. The predicted molar refractivity (Wildman–Crippen MR) is 55.6 cm³/mol. The van der Waals surface area contributed by atoms with Gasteiger partial charge in [-0.25, -0.2) is 8.42 Å². The Kier molecular flexibility index (Phi) is 5.71. The number of hydrogen-bond donors (Lipinski definition) is 1. The lowest BCUT2D eigenvalue weighted by atomic mass is 10.3. The molecule has 0 aromatic heterocycles. The van der Waals surface area contributed by atoms with Crippen molar-refractivity contribution in [1.29, 1.82) is 0 Å². The van der Waals surface area contributed by atoms with E-state index >= 15 is 0 Å². The molecule has 1 amide bonds. The number of carbonyl (C=O) groups excluding carboxylic acids is 1. The third-order valence-electron chi connectivity index (χ3n) is 1.82. The molecular formula is C8H18N2O3S. The standard InChI is InChI=1S/C8H18N2O3S/c1-10(6-7-14(2,12)13)8(11)4-3-5-9/h3-7,9H2,1-2H3. The number of nitrogens with zero attached hydrogens (tertiary/aromatic N) is 1. The van der Waals surface area contributed by atoms with Gasteiger partial charge in [0.05, 0.1) is 5.75 Å². The Hall–Kier alpha value is -0.620. The van der Waals surface area contributed by atoms with Crippen LogP contribution in [-0.2, 0) is 14.6 Å². The Morgan fingerprint density at radius 1 is 1.43 bits per heavy atom. The van der Waals surface area contributed by atoms with Crippen LogP contribution in [0.25, 0.3) is 0 Å². The highest BCUT2D eigenvalue weighted by Gasteiger charge is 2.10. The van der Waals surface area contributed by atoms with Crippen LogP contribution in [-0.4, -0.2) is 51.4 Å². The molecular weight excluding hydrogens is 204 g/mol. The van der Waals surface area contributed by atoms with E-state index in [9.17, 15) is 13.2 Å². The van der Waals surface area contributed by atoms with Crippen molar-refractivity contribution in [3.05, 3.63) is 0 Å².